The van der Waals surface area contributed by atoms with Gasteiger partial charge in [-0.05, 0) is 82.9 Å². The number of benzene rings is 10. The molecule has 0 bridgehead atoms. The number of fused-ring (bicyclic) bond motifs is 16. The van der Waals surface area contributed by atoms with E-state index in [4.69, 9.17) is 0 Å². The maximum Gasteiger partial charge on any atom is 0.0804 e. The minimum atomic E-state index is 1.15. The normalized spacial score (nSPS) is 12.4. The molecule has 15 rings (SSSR count). The molecule has 0 radical (unpaired) electrons. The highest BCUT2D eigenvalue weighted by molar-refractivity contribution is 6.35. The standard InChI is InChI=1S/C60H36N4/c1-3-15-37(16-4-1)39-27-31-41(32-28-39)61-49-23-11-7-19-43(49)47-35-53-59-55(57(47)61)45-21-9-13-25-51(45)63(59)54-36-48-44-20-8-12-24-50(44)62(42-33-29-40(30-34-42)38-17-5-2-6-18-38)58(48)56-46-22-10-14-26-52(46)64(53)60(54)56/h1-36H. The van der Waals surface area contributed by atoms with Gasteiger partial charge in [0.15, 0.2) is 0 Å². The highest BCUT2D eigenvalue weighted by Gasteiger charge is 2.28. The zero-order valence-corrected chi connectivity index (χ0v) is 34.6. The lowest BCUT2D eigenvalue weighted by molar-refractivity contribution is 1.18. The predicted octanol–water partition coefficient (Wildman–Crippen LogP) is 15.8. The fourth-order valence-electron chi connectivity index (χ4n) is 11.4. The first-order valence-corrected chi connectivity index (χ1v) is 22.1. The van der Waals surface area contributed by atoms with Crippen molar-refractivity contribution >= 4 is 98.3 Å². The predicted molar refractivity (Wildman–Crippen MR) is 269 cm³/mol. The SMILES string of the molecule is c1ccc(-c2ccc(-n3c4ccccc4c4cc5c6c(c7ccccc7n6c6cc7c8ccccc8n(-c8ccc(-c9ccccc9)cc8)c7c7c8ccccc8n5c76)c43)cc2)cc1. The van der Waals surface area contributed by atoms with Crippen molar-refractivity contribution in [2.45, 2.75) is 0 Å². The molecule has 0 unspecified atom stereocenters. The molecule has 0 atom stereocenters. The van der Waals surface area contributed by atoms with Gasteiger partial charge in [0.1, 0.15) is 0 Å². The molecule has 296 valence electrons. The van der Waals surface area contributed by atoms with Gasteiger partial charge in [-0.15, -0.1) is 0 Å². The summed E-state index contributed by atoms with van der Waals surface area (Å²) in [7, 11) is 0. The fourth-order valence-corrected chi connectivity index (χ4v) is 11.4. The van der Waals surface area contributed by atoms with Crippen LogP contribution in [0.2, 0.25) is 0 Å². The van der Waals surface area contributed by atoms with E-state index in [0.717, 1.165) is 11.4 Å². The zero-order valence-electron chi connectivity index (χ0n) is 34.6. The minimum absolute atomic E-state index is 1.15. The molecule has 4 nitrogen and oxygen atoms in total. The van der Waals surface area contributed by atoms with Gasteiger partial charge >= 0.3 is 0 Å². The highest BCUT2D eigenvalue weighted by atomic mass is 15.0. The largest absolute Gasteiger partial charge is 0.309 e. The van der Waals surface area contributed by atoms with Crippen LogP contribution in [0.1, 0.15) is 0 Å². The maximum atomic E-state index is 2.58. The summed E-state index contributed by atoms with van der Waals surface area (Å²) in [5.41, 5.74) is 19.3. The van der Waals surface area contributed by atoms with E-state index in [1.165, 1.54) is 121 Å². The van der Waals surface area contributed by atoms with E-state index in [-0.39, 0.29) is 0 Å². The molecule has 0 aliphatic heterocycles. The molecule has 15 aromatic rings. The van der Waals surface area contributed by atoms with Crippen LogP contribution in [0.5, 0.6) is 0 Å². The Labute approximate surface area is 366 Å². The van der Waals surface area contributed by atoms with E-state index >= 15 is 0 Å². The summed E-state index contributed by atoms with van der Waals surface area (Å²) in [6, 6.07) is 80.5. The number of nitrogens with zero attached hydrogens (tertiary/aromatic N) is 4. The first-order valence-electron chi connectivity index (χ1n) is 22.1. The second kappa shape index (κ2) is 12.5. The van der Waals surface area contributed by atoms with Crippen molar-refractivity contribution in [3.63, 3.8) is 0 Å². The molecule has 0 spiro atoms. The lowest BCUT2D eigenvalue weighted by atomic mass is 10.0. The van der Waals surface area contributed by atoms with E-state index in [1.54, 1.807) is 0 Å². The highest BCUT2D eigenvalue weighted by Crippen LogP contribution is 2.49. The number of aromatic nitrogens is 4. The van der Waals surface area contributed by atoms with Crippen LogP contribution in [-0.2, 0) is 0 Å². The molecule has 0 aliphatic rings. The molecule has 5 heterocycles. The fraction of sp³-hybridized carbons (Fsp3) is 0. The van der Waals surface area contributed by atoms with Gasteiger partial charge in [0.05, 0.1) is 55.2 Å². The number of rotatable bonds is 4. The van der Waals surface area contributed by atoms with Gasteiger partial charge < -0.3 is 17.9 Å². The summed E-state index contributed by atoms with van der Waals surface area (Å²) in [5, 5.41) is 10.0. The Morgan fingerprint density at radius 1 is 0.219 bits per heavy atom. The first kappa shape index (κ1) is 34.0. The van der Waals surface area contributed by atoms with Crippen molar-refractivity contribution in [3.8, 4) is 33.6 Å². The Bertz CT molecular complexity index is 4090. The third kappa shape index (κ3) is 4.36. The van der Waals surface area contributed by atoms with Crippen LogP contribution in [-0.4, -0.2) is 17.9 Å². The second-order valence-electron chi connectivity index (χ2n) is 17.3. The number of hydrogen-bond donors (Lipinski definition) is 0. The molecule has 64 heavy (non-hydrogen) atoms. The van der Waals surface area contributed by atoms with Crippen molar-refractivity contribution < 1.29 is 0 Å². The topological polar surface area (TPSA) is 18.7 Å². The smallest absolute Gasteiger partial charge is 0.0804 e. The lowest BCUT2D eigenvalue weighted by Gasteiger charge is -2.15. The molecule has 0 saturated carbocycles. The van der Waals surface area contributed by atoms with Crippen LogP contribution >= 0.6 is 0 Å². The average Bonchev–Trinajstić information content (AvgIpc) is 4.10. The number of para-hydroxylation sites is 4. The lowest BCUT2D eigenvalue weighted by Crippen LogP contribution is -1.99. The van der Waals surface area contributed by atoms with Gasteiger partial charge in [-0.2, -0.15) is 0 Å². The van der Waals surface area contributed by atoms with Crippen molar-refractivity contribution in [3.05, 3.63) is 218 Å². The Morgan fingerprint density at radius 3 is 0.953 bits per heavy atom. The molecule has 4 heteroatoms. The van der Waals surface area contributed by atoms with E-state index in [0.29, 0.717) is 0 Å². The van der Waals surface area contributed by atoms with E-state index in [1.807, 2.05) is 0 Å². The van der Waals surface area contributed by atoms with Crippen LogP contribution in [0.4, 0.5) is 0 Å². The van der Waals surface area contributed by atoms with E-state index in [9.17, 15) is 0 Å². The van der Waals surface area contributed by atoms with E-state index in [2.05, 4.69) is 236 Å². The monoisotopic (exact) mass is 812 g/mol. The molecule has 0 fully saturated rings. The van der Waals surface area contributed by atoms with Gasteiger partial charge in [0.25, 0.3) is 0 Å². The van der Waals surface area contributed by atoms with Crippen LogP contribution in [0.3, 0.4) is 0 Å². The maximum absolute atomic E-state index is 2.58. The van der Waals surface area contributed by atoms with Crippen molar-refractivity contribution in [2.24, 2.45) is 0 Å². The van der Waals surface area contributed by atoms with Crippen molar-refractivity contribution in [1.29, 1.82) is 0 Å². The van der Waals surface area contributed by atoms with Gasteiger partial charge in [0, 0.05) is 54.5 Å². The van der Waals surface area contributed by atoms with Gasteiger partial charge in [-0.3, -0.25) is 0 Å². The van der Waals surface area contributed by atoms with Crippen LogP contribution in [0.15, 0.2) is 218 Å². The average molecular weight is 813 g/mol. The Hall–Kier alpha value is -8.60. The minimum Gasteiger partial charge on any atom is -0.309 e. The molecule has 0 saturated heterocycles. The van der Waals surface area contributed by atoms with Crippen LogP contribution < -0.4 is 0 Å². The molecule has 0 amide bonds. The molecule has 0 N–H and O–H groups in total. The molecule has 10 aromatic carbocycles. The zero-order chi connectivity index (χ0) is 41.6. The van der Waals surface area contributed by atoms with Crippen LogP contribution in [0, 0.1) is 0 Å². The summed E-state index contributed by atoms with van der Waals surface area (Å²) >= 11 is 0. The van der Waals surface area contributed by atoms with Gasteiger partial charge in [-0.1, -0.05) is 158 Å². The quantitative estimate of drug-likeness (QED) is 0.158. The third-order valence-electron chi connectivity index (χ3n) is 14.0. The van der Waals surface area contributed by atoms with Crippen molar-refractivity contribution in [1.82, 2.24) is 17.9 Å². The first-order chi connectivity index (χ1) is 31.8. The van der Waals surface area contributed by atoms with Gasteiger partial charge in [-0.25, -0.2) is 0 Å². The summed E-state index contributed by atoms with van der Waals surface area (Å²) < 4.78 is 10.2. The third-order valence-corrected chi connectivity index (χ3v) is 14.0. The van der Waals surface area contributed by atoms with E-state index < -0.39 is 0 Å². The Morgan fingerprint density at radius 2 is 0.547 bits per heavy atom. The second-order valence-corrected chi connectivity index (χ2v) is 17.3. The molecular formula is C60H36N4. The summed E-state index contributed by atoms with van der Waals surface area (Å²) in [4.78, 5) is 0. The molecule has 5 aromatic heterocycles. The van der Waals surface area contributed by atoms with Crippen molar-refractivity contribution in [2.75, 3.05) is 0 Å². The Balaban J connectivity index is 1.13. The summed E-state index contributed by atoms with van der Waals surface area (Å²) in [5.74, 6) is 0. The Kier molecular flexibility index (Phi) is 6.65. The number of hydrogen-bond acceptors (Lipinski definition) is 0. The molecule has 0 aliphatic carbocycles. The van der Waals surface area contributed by atoms with Gasteiger partial charge in [0.2, 0.25) is 0 Å². The summed E-state index contributed by atoms with van der Waals surface area (Å²) in [6.07, 6.45) is 0. The van der Waals surface area contributed by atoms with Crippen LogP contribution in [0.25, 0.3) is 132 Å². The summed E-state index contributed by atoms with van der Waals surface area (Å²) in [6.45, 7) is 0. The molecular weight excluding hydrogens is 777 g/mol.